The number of nitrogens with zero attached hydrogens (tertiary/aromatic N) is 4. The lowest BCUT2D eigenvalue weighted by molar-refractivity contribution is -0.385. The summed E-state index contributed by atoms with van der Waals surface area (Å²) in [5.41, 5.74) is 1.24. The minimum atomic E-state index is -0.479. The standard InChI is InChI=1S/C19H18N4O5/c24-19(10-5-15-3-1-2-4-18(15)23(27)28)21-13-11-20(12-14-21)16-6-8-17(9-7-16)22(25)26/h1-10H,11-14H2. The van der Waals surface area contributed by atoms with Gasteiger partial charge in [0.2, 0.25) is 5.91 Å². The molecule has 0 atom stereocenters. The molecule has 1 aliphatic heterocycles. The second kappa shape index (κ2) is 8.30. The number of non-ortho nitro benzene ring substituents is 1. The molecule has 1 amide bonds. The zero-order chi connectivity index (χ0) is 20.1. The van der Waals surface area contributed by atoms with Gasteiger partial charge >= 0.3 is 0 Å². The monoisotopic (exact) mass is 382 g/mol. The molecular weight excluding hydrogens is 364 g/mol. The Morgan fingerprint density at radius 2 is 1.54 bits per heavy atom. The summed E-state index contributed by atoms with van der Waals surface area (Å²) in [6.45, 7) is 2.19. The van der Waals surface area contributed by atoms with Crippen LogP contribution in [0.15, 0.2) is 54.6 Å². The van der Waals surface area contributed by atoms with Crippen molar-refractivity contribution in [1.82, 2.24) is 4.90 Å². The Balaban J connectivity index is 1.59. The van der Waals surface area contributed by atoms with E-state index in [2.05, 4.69) is 4.90 Å². The molecule has 1 heterocycles. The number of nitro groups is 2. The molecule has 0 spiro atoms. The highest BCUT2D eigenvalue weighted by Crippen LogP contribution is 2.21. The third-order valence-electron chi connectivity index (χ3n) is 4.56. The molecule has 2 aromatic carbocycles. The average molecular weight is 382 g/mol. The number of benzene rings is 2. The second-order valence-electron chi connectivity index (χ2n) is 6.24. The van der Waals surface area contributed by atoms with Gasteiger partial charge in [0.05, 0.1) is 15.4 Å². The summed E-state index contributed by atoms with van der Waals surface area (Å²) >= 11 is 0. The summed E-state index contributed by atoms with van der Waals surface area (Å²) in [4.78, 5) is 37.0. The van der Waals surface area contributed by atoms with Gasteiger partial charge in [-0.2, -0.15) is 0 Å². The number of nitro benzene ring substituents is 2. The number of anilines is 1. The van der Waals surface area contributed by atoms with Gasteiger partial charge in [-0.05, 0) is 24.3 Å². The largest absolute Gasteiger partial charge is 0.368 e. The Kier molecular flexibility index (Phi) is 5.64. The third-order valence-corrected chi connectivity index (χ3v) is 4.56. The molecule has 0 unspecified atom stereocenters. The number of para-hydroxylation sites is 1. The lowest BCUT2D eigenvalue weighted by atomic mass is 10.1. The Hall–Kier alpha value is -3.75. The number of amides is 1. The van der Waals surface area contributed by atoms with Crippen LogP contribution in [0, 0.1) is 20.2 Å². The number of carbonyl (C=O) groups excluding carboxylic acids is 1. The Morgan fingerprint density at radius 1 is 0.893 bits per heavy atom. The van der Waals surface area contributed by atoms with Crippen molar-refractivity contribution in [1.29, 1.82) is 0 Å². The maximum absolute atomic E-state index is 12.4. The van der Waals surface area contributed by atoms with Crippen LogP contribution in [0.4, 0.5) is 17.1 Å². The fraction of sp³-hybridized carbons (Fsp3) is 0.211. The van der Waals surface area contributed by atoms with Crippen molar-refractivity contribution in [2.45, 2.75) is 0 Å². The van der Waals surface area contributed by atoms with E-state index < -0.39 is 9.85 Å². The van der Waals surface area contributed by atoms with Crippen molar-refractivity contribution in [2.75, 3.05) is 31.1 Å². The van der Waals surface area contributed by atoms with E-state index in [4.69, 9.17) is 0 Å². The summed E-state index contributed by atoms with van der Waals surface area (Å²) in [7, 11) is 0. The van der Waals surface area contributed by atoms with Crippen molar-refractivity contribution >= 4 is 29.0 Å². The topological polar surface area (TPSA) is 110 Å². The predicted molar refractivity (Wildman–Crippen MR) is 104 cm³/mol. The van der Waals surface area contributed by atoms with Gasteiger partial charge in [-0.1, -0.05) is 12.1 Å². The average Bonchev–Trinajstić information content (AvgIpc) is 2.72. The molecule has 0 aromatic heterocycles. The zero-order valence-electron chi connectivity index (χ0n) is 14.9. The van der Waals surface area contributed by atoms with Gasteiger partial charge < -0.3 is 9.80 Å². The minimum absolute atomic E-state index is 0.0395. The van der Waals surface area contributed by atoms with Crippen molar-refractivity contribution in [3.63, 3.8) is 0 Å². The molecule has 3 rings (SSSR count). The van der Waals surface area contributed by atoms with Crippen molar-refractivity contribution < 1.29 is 14.6 Å². The summed E-state index contributed by atoms with van der Waals surface area (Å²) < 4.78 is 0. The first kappa shape index (κ1) is 19.0. The highest BCUT2D eigenvalue weighted by atomic mass is 16.6. The van der Waals surface area contributed by atoms with Gasteiger partial charge in [-0.3, -0.25) is 25.0 Å². The number of carbonyl (C=O) groups is 1. The van der Waals surface area contributed by atoms with Crippen LogP contribution in [0.3, 0.4) is 0 Å². The van der Waals surface area contributed by atoms with E-state index in [-0.39, 0.29) is 17.3 Å². The smallest absolute Gasteiger partial charge is 0.276 e. The third kappa shape index (κ3) is 4.32. The first-order chi connectivity index (χ1) is 13.5. The van der Waals surface area contributed by atoms with Crippen molar-refractivity contribution in [3.05, 3.63) is 80.4 Å². The van der Waals surface area contributed by atoms with Crippen molar-refractivity contribution in [2.24, 2.45) is 0 Å². The molecule has 2 aromatic rings. The summed E-state index contributed by atoms with van der Waals surface area (Å²) in [6.07, 6.45) is 2.81. The maximum atomic E-state index is 12.4. The quantitative estimate of drug-likeness (QED) is 0.447. The van der Waals surface area contributed by atoms with E-state index in [1.165, 1.54) is 30.4 Å². The van der Waals surface area contributed by atoms with E-state index in [0.717, 1.165) is 5.69 Å². The van der Waals surface area contributed by atoms with Gasteiger partial charge in [-0.15, -0.1) is 0 Å². The fourth-order valence-electron chi connectivity index (χ4n) is 3.03. The highest BCUT2D eigenvalue weighted by molar-refractivity contribution is 5.92. The van der Waals surface area contributed by atoms with Crippen LogP contribution >= 0.6 is 0 Å². The van der Waals surface area contributed by atoms with Gasteiger partial charge in [0, 0.05) is 56.1 Å². The molecule has 9 nitrogen and oxygen atoms in total. The Morgan fingerprint density at radius 3 is 2.14 bits per heavy atom. The van der Waals surface area contributed by atoms with Gasteiger partial charge in [0.25, 0.3) is 11.4 Å². The predicted octanol–water partition coefficient (Wildman–Crippen LogP) is 2.87. The van der Waals surface area contributed by atoms with Crippen LogP contribution in [0.2, 0.25) is 0 Å². The molecule has 1 saturated heterocycles. The maximum Gasteiger partial charge on any atom is 0.276 e. The van der Waals surface area contributed by atoms with E-state index in [9.17, 15) is 25.0 Å². The van der Waals surface area contributed by atoms with Gasteiger partial charge in [0.1, 0.15) is 0 Å². The molecule has 1 aliphatic rings. The summed E-state index contributed by atoms with van der Waals surface area (Å²) in [5, 5.41) is 21.8. The lowest BCUT2D eigenvalue weighted by Gasteiger charge is -2.35. The number of hydrogen-bond acceptors (Lipinski definition) is 6. The van der Waals surface area contributed by atoms with Crippen LogP contribution in [0.25, 0.3) is 6.08 Å². The molecule has 0 aliphatic carbocycles. The molecular formula is C19H18N4O5. The van der Waals surface area contributed by atoms with E-state index in [1.807, 2.05) is 0 Å². The lowest BCUT2D eigenvalue weighted by Crippen LogP contribution is -2.48. The van der Waals surface area contributed by atoms with E-state index >= 15 is 0 Å². The van der Waals surface area contributed by atoms with Crippen LogP contribution in [0.1, 0.15) is 5.56 Å². The van der Waals surface area contributed by atoms with Gasteiger partial charge in [-0.25, -0.2) is 0 Å². The number of rotatable bonds is 5. The molecule has 1 fully saturated rings. The van der Waals surface area contributed by atoms with Crippen LogP contribution < -0.4 is 4.90 Å². The molecule has 0 saturated carbocycles. The van der Waals surface area contributed by atoms with Crippen LogP contribution in [0.5, 0.6) is 0 Å². The number of piperazine rings is 1. The minimum Gasteiger partial charge on any atom is -0.368 e. The fourth-order valence-corrected chi connectivity index (χ4v) is 3.03. The molecule has 0 radical (unpaired) electrons. The second-order valence-corrected chi connectivity index (χ2v) is 6.24. The van der Waals surface area contributed by atoms with Crippen LogP contribution in [-0.4, -0.2) is 46.8 Å². The Labute approximate surface area is 160 Å². The van der Waals surface area contributed by atoms with E-state index in [1.54, 1.807) is 35.2 Å². The van der Waals surface area contributed by atoms with Gasteiger partial charge in [0.15, 0.2) is 0 Å². The van der Waals surface area contributed by atoms with Crippen molar-refractivity contribution in [3.8, 4) is 0 Å². The molecule has 28 heavy (non-hydrogen) atoms. The first-order valence-electron chi connectivity index (χ1n) is 8.65. The molecule has 144 valence electrons. The number of hydrogen-bond donors (Lipinski definition) is 0. The Bertz CT molecular complexity index is 918. The SMILES string of the molecule is O=C(C=Cc1ccccc1[N+](=O)[O-])N1CCN(c2ccc([N+](=O)[O-])cc2)CC1. The first-order valence-corrected chi connectivity index (χ1v) is 8.65. The summed E-state index contributed by atoms with van der Waals surface area (Å²) in [6, 6.07) is 12.6. The molecule has 0 N–H and O–H groups in total. The highest BCUT2D eigenvalue weighted by Gasteiger charge is 2.20. The molecule has 0 bridgehead atoms. The zero-order valence-corrected chi connectivity index (χ0v) is 14.9. The normalized spacial score (nSPS) is 14.3. The molecule has 9 heteroatoms. The van der Waals surface area contributed by atoms with E-state index in [0.29, 0.717) is 31.7 Å². The van der Waals surface area contributed by atoms with Crippen LogP contribution in [-0.2, 0) is 4.79 Å². The summed E-state index contributed by atoms with van der Waals surface area (Å²) in [5.74, 6) is -0.207.